The van der Waals surface area contributed by atoms with Gasteiger partial charge in [-0.1, -0.05) is 67.2 Å². The Morgan fingerprint density at radius 1 is 1.06 bits per heavy atom. The SMILES string of the molecule is C=C(CN(CCCCc1ccccc1)Cc1nc(C)cn1Cc1ccccc1)NC=NC. The molecule has 2 aromatic carbocycles. The molecule has 5 nitrogen and oxygen atoms in total. The number of hydrogen-bond donors (Lipinski definition) is 1. The molecule has 0 radical (unpaired) electrons. The summed E-state index contributed by atoms with van der Waals surface area (Å²) >= 11 is 0. The molecule has 1 aromatic heterocycles. The Hall–Kier alpha value is -3.18. The molecule has 0 saturated heterocycles. The monoisotopic (exact) mass is 429 g/mol. The second-order valence-corrected chi connectivity index (χ2v) is 8.20. The zero-order chi connectivity index (χ0) is 22.6. The van der Waals surface area contributed by atoms with Crippen molar-refractivity contribution in [3.8, 4) is 0 Å². The van der Waals surface area contributed by atoms with Gasteiger partial charge in [-0.05, 0) is 43.9 Å². The lowest BCUT2D eigenvalue weighted by atomic mass is 10.1. The van der Waals surface area contributed by atoms with Crippen LogP contribution in [0.4, 0.5) is 0 Å². The zero-order valence-corrected chi connectivity index (χ0v) is 19.4. The molecule has 0 aliphatic carbocycles. The maximum atomic E-state index is 4.84. The summed E-state index contributed by atoms with van der Waals surface area (Å²) in [6.07, 6.45) is 7.23. The van der Waals surface area contributed by atoms with Crippen LogP contribution in [0.25, 0.3) is 0 Å². The van der Waals surface area contributed by atoms with Crippen LogP contribution in [0, 0.1) is 6.92 Å². The Morgan fingerprint density at radius 3 is 2.44 bits per heavy atom. The highest BCUT2D eigenvalue weighted by molar-refractivity contribution is 5.56. The van der Waals surface area contributed by atoms with Crippen LogP contribution < -0.4 is 5.32 Å². The van der Waals surface area contributed by atoms with E-state index in [9.17, 15) is 0 Å². The third-order valence-electron chi connectivity index (χ3n) is 5.39. The summed E-state index contributed by atoms with van der Waals surface area (Å²) in [5.41, 5.74) is 4.68. The second kappa shape index (κ2) is 12.6. The van der Waals surface area contributed by atoms with E-state index in [2.05, 4.69) is 100 Å². The Balaban J connectivity index is 1.64. The van der Waals surface area contributed by atoms with Crippen molar-refractivity contribution in [3.05, 3.63) is 102 Å². The number of imidazole rings is 1. The Morgan fingerprint density at radius 2 is 1.75 bits per heavy atom. The van der Waals surface area contributed by atoms with Crippen LogP contribution >= 0.6 is 0 Å². The molecule has 1 N–H and O–H groups in total. The lowest BCUT2D eigenvalue weighted by Gasteiger charge is -2.23. The van der Waals surface area contributed by atoms with Crippen LogP contribution in [0.1, 0.15) is 35.5 Å². The van der Waals surface area contributed by atoms with Gasteiger partial charge >= 0.3 is 0 Å². The van der Waals surface area contributed by atoms with E-state index in [4.69, 9.17) is 4.98 Å². The van der Waals surface area contributed by atoms with Gasteiger partial charge in [0.1, 0.15) is 5.82 Å². The van der Waals surface area contributed by atoms with Gasteiger partial charge in [0.2, 0.25) is 0 Å². The predicted molar refractivity (Wildman–Crippen MR) is 134 cm³/mol. The minimum Gasteiger partial charge on any atom is -0.350 e. The van der Waals surface area contributed by atoms with Gasteiger partial charge in [-0.2, -0.15) is 0 Å². The normalized spacial score (nSPS) is 11.3. The second-order valence-electron chi connectivity index (χ2n) is 8.20. The molecule has 0 atom stereocenters. The summed E-state index contributed by atoms with van der Waals surface area (Å²) in [6.45, 7) is 9.61. The van der Waals surface area contributed by atoms with E-state index in [1.165, 1.54) is 11.1 Å². The molecular weight excluding hydrogens is 394 g/mol. The number of rotatable bonds is 13. The summed E-state index contributed by atoms with van der Waals surface area (Å²) in [5, 5.41) is 3.17. The van der Waals surface area contributed by atoms with E-state index in [0.717, 1.165) is 62.7 Å². The maximum Gasteiger partial charge on any atom is 0.123 e. The van der Waals surface area contributed by atoms with E-state index in [0.29, 0.717) is 0 Å². The number of nitrogens with one attached hydrogen (secondary N) is 1. The lowest BCUT2D eigenvalue weighted by molar-refractivity contribution is 0.269. The fourth-order valence-corrected chi connectivity index (χ4v) is 3.83. The molecule has 168 valence electrons. The van der Waals surface area contributed by atoms with Gasteiger partial charge in [0.05, 0.1) is 18.6 Å². The molecule has 0 spiro atoms. The van der Waals surface area contributed by atoms with Gasteiger partial charge in [0.25, 0.3) is 0 Å². The smallest absolute Gasteiger partial charge is 0.123 e. The van der Waals surface area contributed by atoms with Crippen LogP contribution in [0.5, 0.6) is 0 Å². The number of unbranched alkanes of at least 4 members (excludes halogenated alkanes) is 1. The number of aromatic nitrogens is 2. The van der Waals surface area contributed by atoms with Gasteiger partial charge in [-0.15, -0.1) is 0 Å². The van der Waals surface area contributed by atoms with E-state index in [1.807, 2.05) is 0 Å². The Labute approximate surface area is 192 Å². The maximum absolute atomic E-state index is 4.84. The summed E-state index contributed by atoms with van der Waals surface area (Å²) in [6, 6.07) is 21.3. The standard InChI is InChI=1S/C27H35N5/c1-23(29-22-28-3)18-31(17-11-10-14-25-12-6-4-7-13-25)21-27-30-24(2)19-32(27)20-26-15-8-5-9-16-26/h4-9,12-13,15-16,19,22H,1,10-11,14,17-18,20-21H2,2-3H3,(H,28,29). The number of aliphatic imine (C=N–C) groups is 1. The van der Waals surface area contributed by atoms with Crippen molar-refractivity contribution >= 4 is 6.34 Å². The molecular formula is C27H35N5. The van der Waals surface area contributed by atoms with Crippen LogP contribution in [-0.4, -0.2) is 40.9 Å². The van der Waals surface area contributed by atoms with Crippen molar-refractivity contribution in [2.45, 2.75) is 39.3 Å². The van der Waals surface area contributed by atoms with Crippen molar-refractivity contribution in [1.29, 1.82) is 0 Å². The van der Waals surface area contributed by atoms with E-state index in [1.54, 1.807) is 13.4 Å². The highest BCUT2D eigenvalue weighted by Crippen LogP contribution is 2.13. The quantitative estimate of drug-likeness (QED) is 0.241. The third-order valence-corrected chi connectivity index (χ3v) is 5.39. The van der Waals surface area contributed by atoms with Crippen LogP contribution in [-0.2, 0) is 19.5 Å². The highest BCUT2D eigenvalue weighted by Gasteiger charge is 2.13. The molecule has 0 amide bonds. The average molecular weight is 430 g/mol. The summed E-state index contributed by atoms with van der Waals surface area (Å²) in [4.78, 5) is 11.3. The van der Waals surface area contributed by atoms with Crippen molar-refractivity contribution in [2.75, 3.05) is 20.1 Å². The average Bonchev–Trinajstić information content (AvgIpc) is 3.14. The van der Waals surface area contributed by atoms with E-state index in [-0.39, 0.29) is 0 Å². The number of nitrogens with zero attached hydrogens (tertiary/aromatic N) is 4. The van der Waals surface area contributed by atoms with Gasteiger partial charge in [0.15, 0.2) is 0 Å². The topological polar surface area (TPSA) is 45.5 Å². The van der Waals surface area contributed by atoms with Crippen LogP contribution in [0.15, 0.2) is 84.1 Å². The number of aryl methyl sites for hydroxylation is 2. The van der Waals surface area contributed by atoms with Gasteiger partial charge in [-0.3, -0.25) is 9.89 Å². The Kier molecular flexibility index (Phi) is 9.26. The van der Waals surface area contributed by atoms with Gasteiger partial charge in [0, 0.05) is 32.0 Å². The van der Waals surface area contributed by atoms with Gasteiger partial charge < -0.3 is 9.88 Å². The molecule has 0 aliphatic rings. The molecule has 3 aromatic rings. The third kappa shape index (κ3) is 7.82. The molecule has 0 fully saturated rings. The molecule has 0 bridgehead atoms. The largest absolute Gasteiger partial charge is 0.350 e. The molecule has 3 rings (SSSR count). The summed E-state index contributed by atoms with van der Waals surface area (Å²) < 4.78 is 2.27. The fraction of sp³-hybridized carbons (Fsp3) is 0.333. The predicted octanol–water partition coefficient (Wildman–Crippen LogP) is 4.83. The van der Waals surface area contributed by atoms with Crippen molar-refractivity contribution in [2.24, 2.45) is 4.99 Å². The minimum absolute atomic E-state index is 0.759. The molecule has 1 heterocycles. The minimum atomic E-state index is 0.759. The van der Waals surface area contributed by atoms with Crippen molar-refractivity contribution < 1.29 is 0 Å². The van der Waals surface area contributed by atoms with E-state index < -0.39 is 0 Å². The van der Waals surface area contributed by atoms with Crippen LogP contribution in [0.3, 0.4) is 0 Å². The van der Waals surface area contributed by atoms with E-state index >= 15 is 0 Å². The molecule has 32 heavy (non-hydrogen) atoms. The first-order chi connectivity index (χ1) is 15.6. The molecule has 0 unspecified atom stereocenters. The first kappa shape index (κ1) is 23.5. The lowest BCUT2D eigenvalue weighted by Crippen LogP contribution is -2.31. The Bertz CT molecular complexity index is 976. The van der Waals surface area contributed by atoms with Crippen molar-refractivity contribution in [1.82, 2.24) is 19.8 Å². The zero-order valence-electron chi connectivity index (χ0n) is 19.4. The summed E-state index contributed by atoms with van der Waals surface area (Å²) in [5.74, 6) is 1.09. The van der Waals surface area contributed by atoms with Crippen LogP contribution in [0.2, 0.25) is 0 Å². The first-order valence-corrected chi connectivity index (χ1v) is 11.3. The first-order valence-electron chi connectivity index (χ1n) is 11.3. The molecule has 5 heteroatoms. The van der Waals surface area contributed by atoms with Crippen molar-refractivity contribution in [3.63, 3.8) is 0 Å². The number of hydrogen-bond acceptors (Lipinski definition) is 3. The summed E-state index contributed by atoms with van der Waals surface area (Å²) in [7, 11) is 1.75. The molecule has 0 aliphatic heterocycles. The van der Waals surface area contributed by atoms with Gasteiger partial charge in [-0.25, -0.2) is 4.98 Å². The highest BCUT2D eigenvalue weighted by atomic mass is 15.2. The fourth-order valence-electron chi connectivity index (χ4n) is 3.83. The number of benzene rings is 2. The molecule has 0 saturated carbocycles.